The summed E-state index contributed by atoms with van der Waals surface area (Å²) >= 11 is 0. The number of rotatable bonds is 4. The molecule has 0 radical (unpaired) electrons. The summed E-state index contributed by atoms with van der Waals surface area (Å²) < 4.78 is 0. The number of nitro groups is 1. The second kappa shape index (κ2) is 5.99. The normalized spacial score (nSPS) is 25.6. The van der Waals surface area contributed by atoms with Crippen molar-refractivity contribution in [3.05, 3.63) is 33.9 Å². The Balaban J connectivity index is 1.84. The molecule has 1 aliphatic carbocycles. The van der Waals surface area contributed by atoms with E-state index in [1.54, 1.807) is 6.07 Å². The summed E-state index contributed by atoms with van der Waals surface area (Å²) in [5, 5.41) is 11.1. The highest BCUT2D eigenvalue weighted by molar-refractivity contribution is 5.65. The van der Waals surface area contributed by atoms with Crippen LogP contribution in [0, 0.1) is 16.0 Å². The third-order valence-corrected chi connectivity index (χ3v) is 4.95. The lowest BCUT2D eigenvalue weighted by Crippen LogP contribution is -2.42. The lowest BCUT2D eigenvalue weighted by atomic mass is 9.91. The summed E-state index contributed by atoms with van der Waals surface area (Å²) in [7, 11) is 0. The standard InChI is InChI=1S/C15H22N4O2/c16-17-15-12(5-2-8-14(15)19(20)21)10-18-9-3-6-11-4-1-7-13(11)18/h2,5,8,11,13,17H,1,3-4,6-7,9-10,16H2. The molecule has 0 bridgehead atoms. The van der Waals surface area contributed by atoms with E-state index in [2.05, 4.69) is 10.3 Å². The number of nitrogen functional groups attached to an aromatic ring is 1. The van der Waals surface area contributed by atoms with Crippen LogP contribution in [0.4, 0.5) is 11.4 Å². The summed E-state index contributed by atoms with van der Waals surface area (Å²) in [6, 6.07) is 5.81. The molecule has 6 heteroatoms. The highest BCUT2D eigenvalue weighted by Crippen LogP contribution is 2.38. The molecule has 114 valence electrons. The Hall–Kier alpha value is -1.66. The summed E-state index contributed by atoms with van der Waals surface area (Å²) in [6.07, 6.45) is 6.45. The van der Waals surface area contributed by atoms with Crippen LogP contribution in [0.15, 0.2) is 18.2 Å². The van der Waals surface area contributed by atoms with E-state index in [0.29, 0.717) is 11.7 Å². The van der Waals surface area contributed by atoms with Crippen LogP contribution < -0.4 is 11.3 Å². The number of nitrogens with two attached hydrogens (primary N) is 1. The van der Waals surface area contributed by atoms with E-state index < -0.39 is 0 Å². The average Bonchev–Trinajstić information content (AvgIpc) is 2.96. The summed E-state index contributed by atoms with van der Waals surface area (Å²) in [4.78, 5) is 13.2. The van der Waals surface area contributed by atoms with E-state index in [0.717, 1.165) is 24.6 Å². The van der Waals surface area contributed by atoms with Crippen molar-refractivity contribution >= 4 is 11.4 Å². The first-order chi connectivity index (χ1) is 10.2. The number of hydrogen-bond acceptors (Lipinski definition) is 5. The molecule has 2 aliphatic rings. The van der Waals surface area contributed by atoms with Gasteiger partial charge >= 0.3 is 0 Å². The molecule has 6 nitrogen and oxygen atoms in total. The maximum Gasteiger partial charge on any atom is 0.293 e. The molecular formula is C15H22N4O2. The molecule has 0 amide bonds. The molecule has 1 saturated carbocycles. The first kappa shape index (κ1) is 14.3. The van der Waals surface area contributed by atoms with Crippen LogP contribution in [0.5, 0.6) is 0 Å². The summed E-state index contributed by atoms with van der Waals surface area (Å²) in [6.45, 7) is 1.82. The number of nitrogens with one attached hydrogen (secondary N) is 1. The Morgan fingerprint density at radius 2 is 2.14 bits per heavy atom. The minimum atomic E-state index is -0.382. The number of nitro benzene ring substituents is 1. The van der Waals surface area contributed by atoms with E-state index in [1.165, 1.54) is 38.2 Å². The van der Waals surface area contributed by atoms with Gasteiger partial charge < -0.3 is 5.43 Å². The lowest BCUT2D eigenvalue weighted by molar-refractivity contribution is -0.384. The van der Waals surface area contributed by atoms with Gasteiger partial charge in [0.15, 0.2) is 0 Å². The van der Waals surface area contributed by atoms with Gasteiger partial charge in [-0.25, -0.2) is 0 Å². The maximum atomic E-state index is 11.1. The number of nitrogens with zero attached hydrogens (tertiary/aromatic N) is 2. The van der Waals surface area contributed by atoms with Gasteiger partial charge in [-0.05, 0) is 43.7 Å². The van der Waals surface area contributed by atoms with Crippen molar-refractivity contribution in [2.24, 2.45) is 11.8 Å². The Morgan fingerprint density at radius 3 is 2.90 bits per heavy atom. The molecule has 1 aromatic rings. The number of fused-ring (bicyclic) bond motifs is 1. The van der Waals surface area contributed by atoms with Crippen LogP contribution in [0.2, 0.25) is 0 Å². The fraction of sp³-hybridized carbons (Fsp3) is 0.600. The molecule has 0 aromatic heterocycles. The minimum absolute atomic E-state index is 0.0509. The Labute approximate surface area is 124 Å². The van der Waals surface area contributed by atoms with Gasteiger partial charge in [0.05, 0.1) is 4.92 Å². The van der Waals surface area contributed by atoms with Crippen molar-refractivity contribution in [2.45, 2.75) is 44.7 Å². The molecular weight excluding hydrogens is 268 g/mol. The van der Waals surface area contributed by atoms with Gasteiger partial charge in [-0.15, -0.1) is 0 Å². The molecule has 1 saturated heterocycles. The molecule has 0 spiro atoms. The Bertz CT molecular complexity index is 534. The molecule has 3 rings (SSSR count). The number of benzene rings is 1. The van der Waals surface area contributed by atoms with Crippen molar-refractivity contribution in [3.63, 3.8) is 0 Å². The predicted molar refractivity (Wildman–Crippen MR) is 81.7 cm³/mol. The zero-order valence-electron chi connectivity index (χ0n) is 12.1. The quantitative estimate of drug-likeness (QED) is 0.506. The smallest absolute Gasteiger partial charge is 0.293 e. The average molecular weight is 290 g/mol. The number of para-hydroxylation sites is 1. The first-order valence-electron chi connectivity index (χ1n) is 7.67. The van der Waals surface area contributed by atoms with E-state index in [1.807, 2.05) is 6.07 Å². The van der Waals surface area contributed by atoms with Crippen LogP contribution in [-0.4, -0.2) is 22.4 Å². The Morgan fingerprint density at radius 1 is 1.33 bits per heavy atom. The predicted octanol–water partition coefficient (Wildman–Crippen LogP) is 2.64. The third-order valence-electron chi connectivity index (χ3n) is 4.95. The first-order valence-corrected chi connectivity index (χ1v) is 7.67. The molecule has 1 aromatic carbocycles. The summed E-state index contributed by atoms with van der Waals surface area (Å²) in [5.74, 6) is 6.34. The topological polar surface area (TPSA) is 84.4 Å². The van der Waals surface area contributed by atoms with Crippen LogP contribution in [0.3, 0.4) is 0 Å². The maximum absolute atomic E-state index is 11.1. The van der Waals surface area contributed by atoms with Gasteiger partial charge in [0, 0.05) is 18.7 Å². The van der Waals surface area contributed by atoms with Crippen LogP contribution >= 0.6 is 0 Å². The largest absolute Gasteiger partial charge is 0.318 e. The van der Waals surface area contributed by atoms with Crippen molar-refractivity contribution < 1.29 is 4.92 Å². The van der Waals surface area contributed by atoms with Gasteiger partial charge in [-0.3, -0.25) is 20.9 Å². The van der Waals surface area contributed by atoms with Crippen molar-refractivity contribution in [1.82, 2.24) is 4.90 Å². The highest BCUT2D eigenvalue weighted by atomic mass is 16.6. The SMILES string of the molecule is NNc1c(CN2CCCC3CCCC32)cccc1[N+](=O)[O-]. The Kier molecular flexibility index (Phi) is 4.07. The van der Waals surface area contributed by atoms with Crippen molar-refractivity contribution in [3.8, 4) is 0 Å². The monoisotopic (exact) mass is 290 g/mol. The molecule has 3 N–H and O–H groups in total. The number of piperidine rings is 1. The summed E-state index contributed by atoms with van der Waals surface area (Å²) in [5.41, 5.74) is 3.94. The van der Waals surface area contributed by atoms with Gasteiger partial charge in [0.2, 0.25) is 0 Å². The molecule has 2 atom stereocenters. The fourth-order valence-electron chi connectivity index (χ4n) is 4.01. The lowest BCUT2D eigenvalue weighted by Gasteiger charge is -2.38. The van der Waals surface area contributed by atoms with Gasteiger partial charge in [-0.2, -0.15) is 0 Å². The number of hydrogen-bond donors (Lipinski definition) is 2. The fourth-order valence-corrected chi connectivity index (χ4v) is 4.01. The second-order valence-electron chi connectivity index (χ2n) is 6.08. The van der Waals surface area contributed by atoms with E-state index in [9.17, 15) is 10.1 Å². The second-order valence-corrected chi connectivity index (χ2v) is 6.08. The van der Waals surface area contributed by atoms with Crippen molar-refractivity contribution in [2.75, 3.05) is 12.0 Å². The van der Waals surface area contributed by atoms with E-state index in [4.69, 9.17) is 5.84 Å². The number of likely N-dealkylation sites (tertiary alicyclic amines) is 1. The molecule has 1 heterocycles. The zero-order chi connectivity index (χ0) is 14.8. The molecule has 1 aliphatic heterocycles. The molecule has 2 fully saturated rings. The van der Waals surface area contributed by atoms with Gasteiger partial charge in [0.25, 0.3) is 5.69 Å². The van der Waals surface area contributed by atoms with Gasteiger partial charge in [0.1, 0.15) is 5.69 Å². The number of hydrazine groups is 1. The van der Waals surface area contributed by atoms with E-state index in [-0.39, 0.29) is 10.6 Å². The van der Waals surface area contributed by atoms with E-state index >= 15 is 0 Å². The minimum Gasteiger partial charge on any atom is -0.318 e. The van der Waals surface area contributed by atoms with Crippen LogP contribution in [0.25, 0.3) is 0 Å². The van der Waals surface area contributed by atoms with Crippen LogP contribution in [0.1, 0.15) is 37.7 Å². The highest BCUT2D eigenvalue weighted by Gasteiger charge is 2.35. The van der Waals surface area contributed by atoms with Crippen LogP contribution in [-0.2, 0) is 6.54 Å². The van der Waals surface area contributed by atoms with Crippen molar-refractivity contribution in [1.29, 1.82) is 0 Å². The zero-order valence-corrected chi connectivity index (χ0v) is 12.1. The third kappa shape index (κ3) is 2.73. The molecule has 2 unspecified atom stereocenters. The molecule has 21 heavy (non-hydrogen) atoms. The van der Waals surface area contributed by atoms with Gasteiger partial charge in [-0.1, -0.05) is 18.6 Å². The number of anilines is 1.